The van der Waals surface area contributed by atoms with E-state index in [9.17, 15) is 9.18 Å². The SMILES string of the molecule is CNCC(=O)N1CCC[C@H](OC)[C@@H]1Cc1ccccc1F. The fourth-order valence-electron chi connectivity index (χ4n) is 2.99. The van der Waals surface area contributed by atoms with Gasteiger partial charge >= 0.3 is 0 Å². The molecule has 116 valence electrons. The van der Waals surface area contributed by atoms with Crippen LogP contribution < -0.4 is 5.32 Å². The third kappa shape index (κ3) is 3.80. The molecular formula is C16H23FN2O2. The molecule has 0 aliphatic carbocycles. The van der Waals surface area contributed by atoms with Crippen LogP contribution in [0.2, 0.25) is 0 Å². The van der Waals surface area contributed by atoms with E-state index in [1.54, 1.807) is 26.3 Å². The Bertz CT molecular complexity index is 481. The molecule has 2 atom stereocenters. The summed E-state index contributed by atoms with van der Waals surface area (Å²) in [5.74, 6) is -0.181. The second kappa shape index (κ2) is 7.52. The summed E-state index contributed by atoms with van der Waals surface area (Å²) >= 11 is 0. The minimum atomic E-state index is -0.223. The predicted octanol–water partition coefficient (Wildman–Crippen LogP) is 1.59. The first-order valence-electron chi connectivity index (χ1n) is 7.37. The van der Waals surface area contributed by atoms with Crippen LogP contribution in [-0.2, 0) is 16.0 Å². The number of amides is 1. The van der Waals surface area contributed by atoms with Crippen LogP contribution in [0.1, 0.15) is 18.4 Å². The number of hydrogen-bond acceptors (Lipinski definition) is 3. The van der Waals surface area contributed by atoms with Crippen molar-refractivity contribution in [1.82, 2.24) is 10.2 Å². The molecule has 0 spiro atoms. The molecule has 0 unspecified atom stereocenters. The molecule has 1 N–H and O–H groups in total. The number of rotatable bonds is 5. The van der Waals surface area contributed by atoms with Gasteiger partial charge < -0.3 is 15.0 Å². The molecule has 21 heavy (non-hydrogen) atoms. The van der Waals surface area contributed by atoms with Crippen molar-refractivity contribution in [3.63, 3.8) is 0 Å². The van der Waals surface area contributed by atoms with Gasteiger partial charge in [0, 0.05) is 13.7 Å². The number of methoxy groups -OCH3 is 1. The van der Waals surface area contributed by atoms with E-state index in [-0.39, 0.29) is 23.9 Å². The lowest BCUT2D eigenvalue weighted by molar-refractivity contribution is -0.138. The van der Waals surface area contributed by atoms with E-state index in [1.807, 2.05) is 11.0 Å². The molecule has 1 amide bonds. The maximum absolute atomic E-state index is 13.9. The minimum Gasteiger partial charge on any atom is -0.379 e. The van der Waals surface area contributed by atoms with E-state index in [4.69, 9.17) is 4.74 Å². The largest absolute Gasteiger partial charge is 0.379 e. The number of likely N-dealkylation sites (tertiary alicyclic amines) is 1. The highest BCUT2D eigenvalue weighted by atomic mass is 19.1. The second-order valence-corrected chi connectivity index (χ2v) is 5.40. The van der Waals surface area contributed by atoms with Gasteiger partial charge in [-0.25, -0.2) is 4.39 Å². The molecule has 1 aliphatic rings. The van der Waals surface area contributed by atoms with Gasteiger partial charge in [-0.1, -0.05) is 18.2 Å². The van der Waals surface area contributed by atoms with Crippen molar-refractivity contribution in [2.24, 2.45) is 0 Å². The fourth-order valence-corrected chi connectivity index (χ4v) is 2.99. The van der Waals surface area contributed by atoms with Crippen LogP contribution in [0, 0.1) is 5.82 Å². The summed E-state index contributed by atoms with van der Waals surface area (Å²) in [4.78, 5) is 14.1. The van der Waals surface area contributed by atoms with Crippen molar-refractivity contribution in [2.75, 3.05) is 27.2 Å². The molecule has 0 bridgehead atoms. The average molecular weight is 294 g/mol. The third-order valence-electron chi connectivity index (χ3n) is 4.06. The van der Waals surface area contributed by atoms with Crippen molar-refractivity contribution < 1.29 is 13.9 Å². The minimum absolute atomic E-state index is 0.0422. The quantitative estimate of drug-likeness (QED) is 0.897. The van der Waals surface area contributed by atoms with Gasteiger partial charge in [-0.2, -0.15) is 0 Å². The first-order valence-corrected chi connectivity index (χ1v) is 7.37. The standard InChI is InChI=1S/C16H23FN2O2/c1-18-11-16(20)19-9-5-8-15(21-2)14(19)10-12-6-3-4-7-13(12)17/h3-4,6-7,14-15,18H,5,8-11H2,1-2H3/t14-,15-/m0/s1. The van der Waals surface area contributed by atoms with Crippen LogP contribution in [0.3, 0.4) is 0 Å². The molecule has 1 saturated heterocycles. The number of benzene rings is 1. The summed E-state index contributed by atoms with van der Waals surface area (Å²) in [6.07, 6.45) is 2.26. The lowest BCUT2D eigenvalue weighted by atomic mass is 9.92. The molecule has 1 aromatic carbocycles. The van der Waals surface area contributed by atoms with Crippen molar-refractivity contribution >= 4 is 5.91 Å². The van der Waals surface area contributed by atoms with E-state index in [2.05, 4.69) is 5.32 Å². The Labute approximate surface area is 125 Å². The van der Waals surface area contributed by atoms with Crippen molar-refractivity contribution in [1.29, 1.82) is 0 Å². The van der Waals surface area contributed by atoms with Gasteiger partial charge in [0.2, 0.25) is 5.91 Å². The molecule has 1 heterocycles. The highest BCUT2D eigenvalue weighted by molar-refractivity contribution is 5.78. The normalized spacial score (nSPS) is 22.3. The van der Waals surface area contributed by atoms with Crippen LogP contribution in [-0.4, -0.2) is 50.2 Å². The number of hydrogen-bond donors (Lipinski definition) is 1. The van der Waals surface area contributed by atoms with Crippen molar-refractivity contribution in [2.45, 2.75) is 31.4 Å². The number of nitrogens with zero attached hydrogens (tertiary/aromatic N) is 1. The zero-order chi connectivity index (χ0) is 15.2. The van der Waals surface area contributed by atoms with Crippen molar-refractivity contribution in [3.8, 4) is 0 Å². The monoisotopic (exact) mass is 294 g/mol. The Morgan fingerprint density at radius 1 is 1.48 bits per heavy atom. The first-order chi connectivity index (χ1) is 10.2. The van der Waals surface area contributed by atoms with Gasteiger partial charge in [-0.3, -0.25) is 4.79 Å². The van der Waals surface area contributed by atoms with Gasteiger partial charge in [0.1, 0.15) is 5.82 Å². The molecular weight excluding hydrogens is 271 g/mol. The number of carbonyl (C=O) groups excluding carboxylic acids is 1. The molecule has 1 aromatic rings. The van der Waals surface area contributed by atoms with E-state index >= 15 is 0 Å². The van der Waals surface area contributed by atoms with E-state index in [0.717, 1.165) is 12.8 Å². The summed E-state index contributed by atoms with van der Waals surface area (Å²) in [6.45, 7) is 1.00. The Kier molecular flexibility index (Phi) is 5.70. The Balaban J connectivity index is 2.20. The summed E-state index contributed by atoms with van der Waals surface area (Å²) in [5, 5.41) is 2.89. The average Bonchev–Trinajstić information content (AvgIpc) is 2.50. The Hall–Kier alpha value is -1.46. The zero-order valence-electron chi connectivity index (χ0n) is 12.6. The van der Waals surface area contributed by atoms with Crippen molar-refractivity contribution in [3.05, 3.63) is 35.6 Å². The summed E-state index contributed by atoms with van der Waals surface area (Å²) in [7, 11) is 3.41. The molecule has 0 saturated carbocycles. The highest BCUT2D eigenvalue weighted by Gasteiger charge is 2.34. The molecule has 1 fully saturated rings. The maximum Gasteiger partial charge on any atom is 0.236 e. The van der Waals surface area contributed by atoms with Crippen LogP contribution in [0.4, 0.5) is 4.39 Å². The van der Waals surface area contributed by atoms with Crippen LogP contribution in [0.5, 0.6) is 0 Å². The lowest BCUT2D eigenvalue weighted by Crippen LogP contribution is -2.54. The van der Waals surface area contributed by atoms with Crippen LogP contribution in [0.15, 0.2) is 24.3 Å². The Morgan fingerprint density at radius 2 is 2.24 bits per heavy atom. The number of nitrogens with one attached hydrogen (secondary N) is 1. The Morgan fingerprint density at radius 3 is 2.90 bits per heavy atom. The maximum atomic E-state index is 13.9. The van der Waals surface area contributed by atoms with Crippen LogP contribution in [0.25, 0.3) is 0 Å². The molecule has 0 radical (unpaired) electrons. The van der Waals surface area contributed by atoms with Gasteiger partial charge in [0.15, 0.2) is 0 Å². The molecule has 2 rings (SSSR count). The number of piperidine rings is 1. The van der Waals surface area contributed by atoms with Gasteiger partial charge in [0.05, 0.1) is 18.7 Å². The number of ether oxygens (including phenoxy) is 1. The number of halogens is 1. The zero-order valence-corrected chi connectivity index (χ0v) is 12.6. The topological polar surface area (TPSA) is 41.6 Å². The van der Waals surface area contributed by atoms with E-state index < -0.39 is 0 Å². The predicted molar refractivity (Wildman–Crippen MR) is 79.6 cm³/mol. The van der Waals surface area contributed by atoms with Gasteiger partial charge in [0.25, 0.3) is 0 Å². The molecule has 5 heteroatoms. The summed E-state index contributed by atoms with van der Waals surface area (Å²) in [5.41, 5.74) is 0.633. The first kappa shape index (κ1) is 15.9. The number of likely N-dealkylation sites (N-methyl/N-ethyl adjacent to an activating group) is 1. The third-order valence-corrected chi connectivity index (χ3v) is 4.06. The highest BCUT2D eigenvalue weighted by Crippen LogP contribution is 2.24. The van der Waals surface area contributed by atoms with Gasteiger partial charge in [-0.15, -0.1) is 0 Å². The molecule has 1 aliphatic heterocycles. The van der Waals surface area contributed by atoms with Crippen LogP contribution >= 0.6 is 0 Å². The van der Waals surface area contributed by atoms with E-state index in [0.29, 0.717) is 25.1 Å². The number of carbonyl (C=O) groups is 1. The lowest BCUT2D eigenvalue weighted by Gasteiger charge is -2.41. The summed E-state index contributed by atoms with van der Waals surface area (Å²) in [6, 6.07) is 6.62. The molecule has 4 nitrogen and oxygen atoms in total. The fraction of sp³-hybridized carbons (Fsp3) is 0.562. The molecule has 0 aromatic heterocycles. The van der Waals surface area contributed by atoms with Gasteiger partial charge in [-0.05, 0) is 37.9 Å². The smallest absolute Gasteiger partial charge is 0.236 e. The van der Waals surface area contributed by atoms with E-state index in [1.165, 1.54) is 6.07 Å². The summed E-state index contributed by atoms with van der Waals surface area (Å²) < 4.78 is 19.4. The second-order valence-electron chi connectivity index (χ2n) is 5.40.